The summed E-state index contributed by atoms with van der Waals surface area (Å²) in [6.45, 7) is 4.24. The van der Waals surface area contributed by atoms with Gasteiger partial charge in [0.1, 0.15) is 5.69 Å². The van der Waals surface area contributed by atoms with E-state index in [4.69, 9.17) is 23.2 Å². The fourth-order valence-electron chi connectivity index (χ4n) is 2.04. The van der Waals surface area contributed by atoms with E-state index in [1.54, 1.807) is 6.07 Å². The zero-order valence-electron chi connectivity index (χ0n) is 11.1. The number of rotatable bonds is 2. The molecule has 102 valence electrons. The molecule has 0 unspecified atom stereocenters. The maximum absolute atomic E-state index is 6.22. The third kappa shape index (κ3) is 2.28. The van der Waals surface area contributed by atoms with Crippen molar-refractivity contribution in [2.45, 2.75) is 19.9 Å². The Labute approximate surface area is 127 Å². The van der Waals surface area contributed by atoms with Gasteiger partial charge in [0.2, 0.25) is 0 Å². The maximum Gasteiger partial charge on any atom is 0.162 e. The normalized spacial score (nSPS) is 11.4. The molecule has 3 rings (SSSR count). The third-order valence-electron chi connectivity index (χ3n) is 3.18. The quantitative estimate of drug-likeness (QED) is 0.671. The van der Waals surface area contributed by atoms with Gasteiger partial charge in [0.15, 0.2) is 5.82 Å². The lowest BCUT2D eigenvalue weighted by atomic mass is 10.2. The molecule has 0 aliphatic carbocycles. The molecule has 2 heterocycles. The molecule has 0 radical (unpaired) electrons. The fraction of sp³-hybridized carbons (Fsp3) is 0.200. The highest BCUT2D eigenvalue weighted by Crippen LogP contribution is 2.34. The molecular weight excluding hydrogens is 293 g/mol. The van der Waals surface area contributed by atoms with Crippen LogP contribution >= 0.6 is 23.2 Å². The highest BCUT2D eigenvalue weighted by atomic mass is 35.5. The Bertz CT molecular complexity index is 734. The van der Waals surface area contributed by atoms with Crippen LogP contribution in [0.25, 0.3) is 22.8 Å². The highest BCUT2D eigenvalue weighted by Gasteiger charge is 2.16. The first kappa shape index (κ1) is 13.4. The van der Waals surface area contributed by atoms with Crippen LogP contribution in [0.2, 0.25) is 10.0 Å². The van der Waals surface area contributed by atoms with Gasteiger partial charge in [0.05, 0.1) is 15.7 Å². The summed E-state index contributed by atoms with van der Waals surface area (Å²) in [5.74, 6) is 0.606. The Balaban J connectivity index is 2.14. The zero-order chi connectivity index (χ0) is 14.3. The number of imidazole rings is 1. The summed E-state index contributed by atoms with van der Waals surface area (Å²) in [6.07, 6.45) is 4.00. The minimum Gasteiger partial charge on any atom is -0.350 e. The molecule has 0 bridgehead atoms. The third-order valence-corrected chi connectivity index (χ3v) is 4.00. The lowest BCUT2D eigenvalue weighted by molar-refractivity contribution is 0.596. The molecule has 2 aliphatic rings. The van der Waals surface area contributed by atoms with E-state index >= 15 is 0 Å². The Morgan fingerprint density at radius 3 is 2.55 bits per heavy atom. The van der Waals surface area contributed by atoms with Crippen molar-refractivity contribution in [2.75, 3.05) is 0 Å². The van der Waals surface area contributed by atoms with Crippen LogP contribution in [-0.4, -0.2) is 14.5 Å². The first-order valence-corrected chi connectivity index (χ1v) is 7.11. The van der Waals surface area contributed by atoms with Crippen molar-refractivity contribution < 1.29 is 0 Å². The van der Waals surface area contributed by atoms with E-state index in [-0.39, 0.29) is 0 Å². The van der Waals surface area contributed by atoms with Crippen LogP contribution in [0.5, 0.6) is 0 Å². The number of hydrogen-bond acceptors (Lipinski definition) is 2. The van der Waals surface area contributed by atoms with Gasteiger partial charge in [-0.1, -0.05) is 29.3 Å². The van der Waals surface area contributed by atoms with Crippen molar-refractivity contribution in [3.63, 3.8) is 0 Å². The summed E-state index contributed by atoms with van der Waals surface area (Å²) in [5.41, 5.74) is 2.46. The van der Waals surface area contributed by atoms with Crippen molar-refractivity contribution in [3.05, 3.63) is 46.7 Å². The van der Waals surface area contributed by atoms with Crippen LogP contribution in [0.3, 0.4) is 0 Å². The number of fused-ring (bicyclic) bond motifs is 1. The van der Waals surface area contributed by atoms with E-state index in [1.807, 2.05) is 30.6 Å². The molecule has 0 atom stereocenters. The first-order valence-electron chi connectivity index (χ1n) is 6.36. The van der Waals surface area contributed by atoms with Crippen molar-refractivity contribution in [2.24, 2.45) is 0 Å². The van der Waals surface area contributed by atoms with E-state index in [9.17, 15) is 0 Å². The lowest BCUT2D eigenvalue weighted by Gasteiger charge is -2.10. The summed E-state index contributed by atoms with van der Waals surface area (Å²) in [5, 5.41) is 0.997. The predicted molar refractivity (Wildman–Crippen MR) is 82.5 cm³/mol. The molecule has 0 amide bonds. The van der Waals surface area contributed by atoms with E-state index in [0.717, 1.165) is 17.0 Å². The molecule has 1 aromatic rings. The van der Waals surface area contributed by atoms with Gasteiger partial charge >= 0.3 is 0 Å². The molecule has 0 saturated heterocycles. The Hall–Kier alpha value is -1.58. The summed E-state index contributed by atoms with van der Waals surface area (Å²) in [6, 6.07) is 7.82. The van der Waals surface area contributed by atoms with Gasteiger partial charge in [0.25, 0.3) is 0 Å². The molecule has 0 fully saturated rings. The van der Waals surface area contributed by atoms with Crippen molar-refractivity contribution in [1.29, 1.82) is 0 Å². The molecule has 0 saturated carbocycles. The SMILES string of the molecule is CC(C)n1ccc2nc(-c3cccc(Cl)c3Cl)nc-2c1. The monoisotopic (exact) mass is 305 g/mol. The second kappa shape index (κ2) is 5.08. The number of nitrogens with zero attached hydrogens (tertiary/aromatic N) is 3. The van der Waals surface area contributed by atoms with Crippen LogP contribution in [0.15, 0.2) is 36.7 Å². The maximum atomic E-state index is 6.22. The second-order valence-corrected chi connectivity index (χ2v) is 5.69. The smallest absolute Gasteiger partial charge is 0.162 e. The van der Waals surface area contributed by atoms with Gasteiger partial charge in [-0.05, 0) is 32.0 Å². The van der Waals surface area contributed by atoms with E-state index in [0.29, 0.717) is 21.9 Å². The average Bonchev–Trinajstić information content (AvgIpc) is 2.84. The van der Waals surface area contributed by atoms with Gasteiger partial charge < -0.3 is 4.57 Å². The predicted octanol–water partition coefficient (Wildman–Crippen LogP) is 4.94. The van der Waals surface area contributed by atoms with Crippen LogP contribution in [-0.2, 0) is 0 Å². The minimum atomic E-state index is 0.384. The van der Waals surface area contributed by atoms with Crippen molar-refractivity contribution in [1.82, 2.24) is 14.5 Å². The van der Waals surface area contributed by atoms with Crippen LogP contribution in [0, 0.1) is 0 Å². The van der Waals surface area contributed by atoms with Gasteiger partial charge in [0, 0.05) is 24.0 Å². The standard InChI is InChI=1S/C15H13Cl2N3/c1-9(2)20-7-6-12-13(8-20)19-15(18-12)10-4-3-5-11(16)14(10)17/h3-9H,1-2H3. The van der Waals surface area contributed by atoms with Gasteiger partial charge in [-0.15, -0.1) is 0 Å². The van der Waals surface area contributed by atoms with Gasteiger partial charge in [-0.2, -0.15) is 0 Å². The summed E-state index contributed by atoms with van der Waals surface area (Å²) >= 11 is 12.3. The Kier molecular flexibility index (Phi) is 3.40. The van der Waals surface area contributed by atoms with Crippen molar-refractivity contribution >= 4 is 23.2 Å². The molecule has 1 aromatic carbocycles. The molecule has 0 aromatic heterocycles. The van der Waals surface area contributed by atoms with Crippen LogP contribution < -0.4 is 0 Å². The zero-order valence-corrected chi connectivity index (χ0v) is 12.7. The fourth-order valence-corrected chi connectivity index (χ4v) is 2.43. The Morgan fingerprint density at radius 1 is 1.05 bits per heavy atom. The van der Waals surface area contributed by atoms with Gasteiger partial charge in [-0.3, -0.25) is 0 Å². The number of halogens is 2. The first-order chi connectivity index (χ1) is 9.56. The van der Waals surface area contributed by atoms with E-state index < -0.39 is 0 Å². The van der Waals surface area contributed by atoms with Crippen LogP contribution in [0.1, 0.15) is 19.9 Å². The van der Waals surface area contributed by atoms with Crippen LogP contribution in [0.4, 0.5) is 0 Å². The molecule has 20 heavy (non-hydrogen) atoms. The number of benzene rings is 1. The molecule has 3 nitrogen and oxygen atoms in total. The topological polar surface area (TPSA) is 30.7 Å². The van der Waals surface area contributed by atoms with E-state index in [2.05, 4.69) is 28.4 Å². The molecule has 2 aliphatic heterocycles. The largest absolute Gasteiger partial charge is 0.350 e. The van der Waals surface area contributed by atoms with Gasteiger partial charge in [-0.25, -0.2) is 9.97 Å². The van der Waals surface area contributed by atoms with Crippen molar-refractivity contribution in [3.8, 4) is 22.8 Å². The Morgan fingerprint density at radius 2 is 1.80 bits per heavy atom. The second-order valence-electron chi connectivity index (χ2n) is 4.90. The molecule has 0 spiro atoms. The number of aromatic nitrogens is 3. The lowest BCUT2D eigenvalue weighted by Crippen LogP contribution is -2.01. The average molecular weight is 306 g/mol. The summed E-state index contributed by atoms with van der Waals surface area (Å²) in [7, 11) is 0. The van der Waals surface area contributed by atoms with E-state index in [1.165, 1.54) is 0 Å². The number of hydrogen-bond donors (Lipinski definition) is 0. The molecule has 5 heteroatoms. The molecule has 0 N–H and O–H groups in total. The molecular formula is C15H13Cl2N3. The summed E-state index contributed by atoms with van der Waals surface area (Å²) < 4.78 is 2.10. The number of pyridine rings is 1. The highest BCUT2D eigenvalue weighted by molar-refractivity contribution is 6.43. The summed E-state index contributed by atoms with van der Waals surface area (Å²) in [4.78, 5) is 9.07. The minimum absolute atomic E-state index is 0.384.